The van der Waals surface area contributed by atoms with E-state index >= 15 is 0 Å². The number of unbranched alkanes of at least 4 members (excludes halogenated alkanes) is 1. The molecule has 3 N–H and O–H groups in total. The third-order valence-corrected chi connectivity index (χ3v) is 4.21. The number of rotatable bonds is 8. The van der Waals surface area contributed by atoms with Crippen LogP contribution in [0, 0.1) is 10.1 Å². The van der Waals surface area contributed by atoms with Crippen LogP contribution < -0.4 is 21.9 Å². The predicted molar refractivity (Wildman–Crippen MR) is 101 cm³/mol. The molecule has 0 unspecified atom stereocenters. The van der Waals surface area contributed by atoms with Gasteiger partial charge in [0.25, 0.3) is 11.2 Å². The molecule has 0 aliphatic rings. The molecule has 0 radical (unpaired) electrons. The number of non-ortho nitro benzene ring substituents is 1. The van der Waals surface area contributed by atoms with Gasteiger partial charge in [0.2, 0.25) is 0 Å². The van der Waals surface area contributed by atoms with E-state index in [-0.39, 0.29) is 17.2 Å². The standard InChI is InChI=1S/C17H23N5O4/c1-3-4-10-21-15(18)14(16(23)19-17(21)24)20(2)11-9-12-5-7-13(8-6-12)22(25)26/h5-8H,3-4,9-11,18H2,1-2H3,(H,19,23,24). The lowest BCUT2D eigenvalue weighted by Crippen LogP contribution is -2.37. The first kappa shape index (κ1) is 19.2. The molecule has 0 saturated heterocycles. The van der Waals surface area contributed by atoms with Gasteiger partial charge < -0.3 is 10.6 Å². The molecule has 2 aromatic rings. The number of nitrogens with two attached hydrogens (primary N) is 1. The van der Waals surface area contributed by atoms with Gasteiger partial charge >= 0.3 is 5.69 Å². The Bertz CT molecular complexity index is 886. The van der Waals surface area contributed by atoms with Crippen LogP contribution in [0.3, 0.4) is 0 Å². The summed E-state index contributed by atoms with van der Waals surface area (Å²) in [4.78, 5) is 38.4. The number of aromatic amines is 1. The van der Waals surface area contributed by atoms with Gasteiger partial charge in [-0.2, -0.15) is 0 Å². The van der Waals surface area contributed by atoms with Crippen LogP contribution in [-0.4, -0.2) is 28.1 Å². The highest BCUT2D eigenvalue weighted by atomic mass is 16.6. The number of H-pyrrole nitrogens is 1. The molecule has 9 nitrogen and oxygen atoms in total. The molecule has 2 rings (SSSR count). The van der Waals surface area contributed by atoms with Crippen LogP contribution in [0.4, 0.5) is 17.2 Å². The zero-order valence-corrected chi connectivity index (χ0v) is 14.9. The summed E-state index contributed by atoms with van der Waals surface area (Å²) in [6.45, 7) is 2.92. The van der Waals surface area contributed by atoms with E-state index in [1.807, 2.05) is 6.92 Å². The van der Waals surface area contributed by atoms with Crippen molar-refractivity contribution in [3.8, 4) is 0 Å². The molecule has 140 valence electrons. The molecule has 1 heterocycles. The summed E-state index contributed by atoms with van der Waals surface area (Å²) in [5, 5.41) is 10.7. The number of nitro benzene ring substituents is 1. The summed E-state index contributed by atoms with van der Waals surface area (Å²) in [6, 6.07) is 6.26. The van der Waals surface area contributed by atoms with Crippen molar-refractivity contribution in [3.05, 3.63) is 60.8 Å². The van der Waals surface area contributed by atoms with Crippen LogP contribution in [0.25, 0.3) is 0 Å². The Balaban J connectivity index is 2.18. The summed E-state index contributed by atoms with van der Waals surface area (Å²) >= 11 is 0. The third kappa shape index (κ3) is 4.29. The molecule has 26 heavy (non-hydrogen) atoms. The van der Waals surface area contributed by atoms with Gasteiger partial charge in [-0.05, 0) is 18.4 Å². The van der Waals surface area contributed by atoms with Gasteiger partial charge in [0.15, 0.2) is 0 Å². The second-order valence-corrected chi connectivity index (χ2v) is 6.09. The monoisotopic (exact) mass is 361 g/mol. The predicted octanol–water partition coefficient (Wildman–Crippen LogP) is 1.51. The summed E-state index contributed by atoms with van der Waals surface area (Å²) in [5.74, 6) is 0.151. The Kier molecular flexibility index (Phi) is 6.16. The van der Waals surface area contributed by atoms with Crippen molar-refractivity contribution < 1.29 is 4.92 Å². The number of likely N-dealkylation sites (N-methyl/N-ethyl adjacent to an activating group) is 1. The zero-order valence-electron chi connectivity index (χ0n) is 14.9. The van der Waals surface area contributed by atoms with Gasteiger partial charge in [0.1, 0.15) is 11.5 Å². The molecule has 9 heteroatoms. The highest BCUT2D eigenvalue weighted by Gasteiger charge is 2.16. The molecule has 0 spiro atoms. The van der Waals surface area contributed by atoms with Crippen molar-refractivity contribution in [2.75, 3.05) is 24.2 Å². The molecule has 1 aromatic heterocycles. The number of benzene rings is 1. The van der Waals surface area contributed by atoms with E-state index in [0.717, 1.165) is 18.4 Å². The minimum absolute atomic E-state index is 0.0331. The summed E-state index contributed by atoms with van der Waals surface area (Å²) < 4.78 is 1.38. The van der Waals surface area contributed by atoms with Crippen LogP contribution in [0.1, 0.15) is 25.3 Å². The lowest BCUT2D eigenvalue weighted by atomic mass is 10.1. The van der Waals surface area contributed by atoms with E-state index in [0.29, 0.717) is 19.5 Å². The van der Waals surface area contributed by atoms with E-state index in [4.69, 9.17) is 5.73 Å². The van der Waals surface area contributed by atoms with Crippen LogP contribution in [0.5, 0.6) is 0 Å². The molecule has 0 saturated carbocycles. The number of anilines is 2. The highest BCUT2D eigenvalue weighted by Crippen LogP contribution is 2.17. The SMILES string of the molecule is CCCCn1c(N)c(N(C)CCc2ccc([N+](=O)[O-])cc2)c(=O)[nH]c1=O. The van der Waals surface area contributed by atoms with E-state index in [2.05, 4.69) is 4.98 Å². The Morgan fingerprint density at radius 1 is 1.27 bits per heavy atom. The van der Waals surface area contributed by atoms with Crippen LogP contribution in [0.15, 0.2) is 33.9 Å². The minimum atomic E-state index is -0.522. The van der Waals surface area contributed by atoms with E-state index in [9.17, 15) is 19.7 Å². The molecule has 0 bridgehead atoms. The molecular formula is C17H23N5O4. The number of nitro groups is 1. The number of aromatic nitrogens is 2. The summed E-state index contributed by atoms with van der Waals surface area (Å²) in [6.07, 6.45) is 2.25. The first-order valence-electron chi connectivity index (χ1n) is 8.42. The first-order chi connectivity index (χ1) is 12.3. The number of hydrogen-bond acceptors (Lipinski definition) is 6. The van der Waals surface area contributed by atoms with Crippen LogP contribution >= 0.6 is 0 Å². The molecule has 1 aromatic carbocycles. The topological polar surface area (TPSA) is 127 Å². The quantitative estimate of drug-likeness (QED) is 0.542. The number of nitrogens with zero attached hydrogens (tertiary/aromatic N) is 3. The molecular weight excluding hydrogens is 338 g/mol. The Hall–Kier alpha value is -3.10. The van der Waals surface area contributed by atoms with E-state index in [1.54, 1.807) is 24.1 Å². The molecule has 0 aliphatic carbocycles. The van der Waals surface area contributed by atoms with Gasteiger partial charge in [-0.25, -0.2) is 4.79 Å². The fraction of sp³-hybridized carbons (Fsp3) is 0.412. The maximum absolute atomic E-state index is 12.2. The van der Waals surface area contributed by atoms with Crippen molar-refractivity contribution in [2.45, 2.75) is 32.7 Å². The maximum atomic E-state index is 12.2. The van der Waals surface area contributed by atoms with Crippen molar-refractivity contribution in [1.82, 2.24) is 9.55 Å². The largest absolute Gasteiger partial charge is 0.383 e. The first-order valence-corrected chi connectivity index (χ1v) is 8.42. The van der Waals surface area contributed by atoms with Gasteiger partial charge in [-0.1, -0.05) is 25.5 Å². The average molecular weight is 361 g/mol. The summed E-state index contributed by atoms with van der Waals surface area (Å²) in [5.41, 5.74) is 6.23. The van der Waals surface area contributed by atoms with E-state index < -0.39 is 16.2 Å². The van der Waals surface area contributed by atoms with Crippen LogP contribution in [0.2, 0.25) is 0 Å². The van der Waals surface area contributed by atoms with Crippen molar-refractivity contribution in [1.29, 1.82) is 0 Å². The van der Waals surface area contributed by atoms with Crippen LogP contribution in [-0.2, 0) is 13.0 Å². The lowest BCUT2D eigenvalue weighted by molar-refractivity contribution is -0.384. The van der Waals surface area contributed by atoms with Crippen molar-refractivity contribution >= 4 is 17.2 Å². The van der Waals surface area contributed by atoms with Crippen molar-refractivity contribution in [2.24, 2.45) is 0 Å². The van der Waals surface area contributed by atoms with Gasteiger partial charge in [0, 0.05) is 32.3 Å². The second-order valence-electron chi connectivity index (χ2n) is 6.09. The number of nitrogen functional groups attached to an aromatic ring is 1. The smallest absolute Gasteiger partial charge is 0.330 e. The van der Waals surface area contributed by atoms with Gasteiger partial charge in [0.05, 0.1) is 4.92 Å². The minimum Gasteiger partial charge on any atom is -0.383 e. The molecule has 0 aliphatic heterocycles. The number of hydrogen-bond donors (Lipinski definition) is 2. The molecule has 0 atom stereocenters. The molecule has 0 fully saturated rings. The van der Waals surface area contributed by atoms with Gasteiger partial charge in [-0.3, -0.25) is 24.5 Å². The molecule has 0 amide bonds. The second kappa shape index (κ2) is 8.32. The highest BCUT2D eigenvalue weighted by molar-refractivity contribution is 5.62. The maximum Gasteiger partial charge on any atom is 0.330 e. The lowest BCUT2D eigenvalue weighted by Gasteiger charge is -2.21. The Labute approximate surface area is 150 Å². The van der Waals surface area contributed by atoms with Crippen molar-refractivity contribution in [3.63, 3.8) is 0 Å². The summed E-state index contributed by atoms with van der Waals surface area (Å²) in [7, 11) is 1.72. The van der Waals surface area contributed by atoms with E-state index in [1.165, 1.54) is 16.7 Å². The zero-order chi connectivity index (χ0) is 19.3. The normalized spacial score (nSPS) is 10.7. The fourth-order valence-corrected chi connectivity index (χ4v) is 2.68. The Morgan fingerprint density at radius 3 is 2.50 bits per heavy atom. The Morgan fingerprint density at radius 2 is 1.92 bits per heavy atom. The average Bonchev–Trinajstić information content (AvgIpc) is 2.59. The van der Waals surface area contributed by atoms with Gasteiger partial charge in [-0.15, -0.1) is 0 Å². The number of nitrogens with one attached hydrogen (secondary N) is 1. The fourth-order valence-electron chi connectivity index (χ4n) is 2.68. The third-order valence-electron chi connectivity index (χ3n) is 4.21.